The zero-order valence-corrected chi connectivity index (χ0v) is 16.3. The van der Waals surface area contributed by atoms with E-state index in [2.05, 4.69) is 31.9 Å². The second kappa shape index (κ2) is 7.22. The van der Waals surface area contributed by atoms with Crippen molar-refractivity contribution in [1.29, 1.82) is 0 Å². The molecule has 0 spiro atoms. The van der Waals surface area contributed by atoms with Crippen LogP contribution in [0.25, 0.3) is 0 Å². The summed E-state index contributed by atoms with van der Waals surface area (Å²) in [6.07, 6.45) is 0. The molecular formula is C14H13Br2ClO3S. The van der Waals surface area contributed by atoms with Crippen molar-refractivity contribution in [2.75, 3.05) is 21.3 Å². The van der Waals surface area contributed by atoms with Gasteiger partial charge in [0.2, 0.25) is 0 Å². The largest absolute Gasteiger partial charge is 0.496 e. The Labute approximate surface area is 149 Å². The third-order valence-corrected chi connectivity index (χ3v) is 6.84. The lowest BCUT2D eigenvalue weighted by Crippen LogP contribution is -1.99. The van der Waals surface area contributed by atoms with Crippen LogP contribution in [0.5, 0.6) is 17.2 Å². The summed E-state index contributed by atoms with van der Waals surface area (Å²) in [6, 6.07) is 5.61. The summed E-state index contributed by atoms with van der Waals surface area (Å²) in [5.74, 6) is 1.89. The minimum Gasteiger partial charge on any atom is -0.496 e. The van der Waals surface area contributed by atoms with Crippen LogP contribution in [-0.2, 0) is 0 Å². The summed E-state index contributed by atoms with van der Waals surface area (Å²) in [4.78, 5) is 1.00. The van der Waals surface area contributed by atoms with Gasteiger partial charge in [0.05, 0.1) is 30.5 Å². The number of alkyl halides is 1. The normalized spacial score (nSPS) is 12.1. The fraction of sp³-hybridized carbons (Fsp3) is 0.286. The van der Waals surface area contributed by atoms with E-state index in [0.29, 0.717) is 17.2 Å². The topological polar surface area (TPSA) is 27.7 Å². The second-order valence-electron chi connectivity index (χ2n) is 4.08. The molecule has 0 saturated carbocycles. The fourth-order valence-electron chi connectivity index (χ4n) is 1.89. The Kier molecular flexibility index (Phi) is 5.82. The van der Waals surface area contributed by atoms with Crippen LogP contribution in [-0.4, -0.2) is 21.3 Å². The summed E-state index contributed by atoms with van der Waals surface area (Å²) in [6.45, 7) is 0. The van der Waals surface area contributed by atoms with Gasteiger partial charge in [-0.2, -0.15) is 0 Å². The first-order valence-corrected chi connectivity index (χ1v) is 8.74. The van der Waals surface area contributed by atoms with Crippen LogP contribution in [0.4, 0.5) is 0 Å². The molecule has 2 rings (SSSR count). The molecule has 1 atom stereocenters. The zero-order valence-electron chi connectivity index (χ0n) is 11.6. The van der Waals surface area contributed by atoms with Gasteiger partial charge in [-0.15, -0.1) is 22.9 Å². The molecule has 0 radical (unpaired) electrons. The Morgan fingerprint density at radius 1 is 0.952 bits per heavy atom. The van der Waals surface area contributed by atoms with Crippen molar-refractivity contribution < 1.29 is 14.2 Å². The quantitative estimate of drug-likeness (QED) is 0.546. The SMILES string of the molecule is COc1cc(OC)c(C(Cl)c2cc(Br)c(Br)s2)cc1OC. The van der Waals surface area contributed by atoms with E-state index in [-0.39, 0.29) is 5.38 Å². The molecule has 21 heavy (non-hydrogen) atoms. The minimum absolute atomic E-state index is 0.340. The van der Waals surface area contributed by atoms with Gasteiger partial charge in [0.25, 0.3) is 0 Å². The predicted octanol–water partition coefficient (Wildman–Crippen LogP) is 5.63. The molecule has 3 nitrogen and oxygen atoms in total. The number of halogens is 3. The highest BCUT2D eigenvalue weighted by molar-refractivity contribution is 9.13. The molecule has 0 amide bonds. The van der Waals surface area contributed by atoms with Gasteiger partial charge < -0.3 is 14.2 Å². The molecule has 2 aromatic rings. The molecule has 1 heterocycles. The molecule has 7 heteroatoms. The van der Waals surface area contributed by atoms with Gasteiger partial charge in [0.1, 0.15) is 5.75 Å². The van der Waals surface area contributed by atoms with Gasteiger partial charge in [-0.3, -0.25) is 0 Å². The number of benzene rings is 1. The lowest BCUT2D eigenvalue weighted by Gasteiger charge is -2.16. The molecule has 0 N–H and O–H groups in total. The van der Waals surface area contributed by atoms with Crippen LogP contribution in [0, 0.1) is 0 Å². The summed E-state index contributed by atoms with van der Waals surface area (Å²) in [5, 5.41) is -0.340. The Bertz CT molecular complexity index is 626. The smallest absolute Gasteiger partial charge is 0.164 e. The zero-order chi connectivity index (χ0) is 15.6. The van der Waals surface area contributed by atoms with Gasteiger partial charge in [-0.25, -0.2) is 0 Å². The summed E-state index contributed by atoms with van der Waals surface area (Å²) < 4.78 is 18.0. The van der Waals surface area contributed by atoms with Crippen molar-refractivity contribution in [3.63, 3.8) is 0 Å². The molecule has 0 saturated heterocycles. The Hall–Kier alpha value is -0.430. The van der Waals surface area contributed by atoms with Crippen LogP contribution in [0.15, 0.2) is 26.5 Å². The average molecular weight is 457 g/mol. The van der Waals surface area contributed by atoms with Gasteiger partial charge in [-0.1, -0.05) is 0 Å². The maximum absolute atomic E-state index is 6.62. The van der Waals surface area contributed by atoms with Crippen LogP contribution < -0.4 is 14.2 Å². The second-order valence-corrected chi connectivity index (χ2v) is 7.77. The Morgan fingerprint density at radius 3 is 2.00 bits per heavy atom. The number of ether oxygens (including phenoxy) is 3. The molecule has 0 aliphatic carbocycles. The van der Waals surface area contributed by atoms with Crippen molar-refractivity contribution in [2.24, 2.45) is 0 Å². The lowest BCUT2D eigenvalue weighted by atomic mass is 10.1. The van der Waals surface area contributed by atoms with E-state index >= 15 is 0 Å². The van der Waals surface area contributed by atoms with Crippen molar-refractivity contribution in [3.05, 3.63) is 36.9 Å². The lowest BCUT2D eigenvalue weighted by molar-refractivity contribution is 0.347. The summed E-state index contributed by atoms with van der Waals surface area (Å²) in [7, 11) is 4.78. The number of methoxy groups -OCH3 is 3. The Balaban J connectivity index is 2.50. The van der Waals surface area contributed by atoms with Crippen molar-refractivity contribution >= 4 is 54.8 Å². The van der Waals surface area contributed by atoms with E-state index in [1.165, 1.54) is 0 Å². The van der Waals surface area contributed by atoms with E-state index in [1.54, 1.807) is 38.7 Å². The predicted molar refractivity (Wildman–Crippen MR) is 93.5 cm³/mol. The highest BCUT2D eigenvalue weighted by Crippen LogP contribution is 2.45. The highest BCUT2D eigenvalue weighted by Gasteiger charge is 2.22. The number of hydrogen-bond donors (Lipinski definition) is 0. The molecule has 0 bridgehead atoms. The van der Waals surface area contributed by atoms with Gasteiger partial charge >= 0.3 is 0 Å². The number of rotatable bonds is 5. The van der Waals surface area contributed by atoms with Crippen LogP contribution >= 0.6 is 54.8 Å². The standard InChI is InChI=1S/C14H13Br2ClO3S/c1-18-9-6-11(20-3)10(19-2)4-7(9)13(17)12-5-8(15)14(16)21-12/h4-6,13H,1-3H3. The molecule has 0 aliphatic rings. The molecule has 1 aromatic carbocycles. The summed E-state index contributed by atoms with van der Waals surface area (Å²) in [5.41, 5.74) is 0.832. The highest BCUT2D eigenvalue weighted by atomic mass is 79.9. The van der Waals surface area contributed by atoms with E-state index in [4.69, 9.17) is 25.8 Å². The fourth-order valence-corrected chi connectivity index (χ4v) is 4.35. The monoisotopic (exact) mass is 454 g/mol. The Morgan fingerprint density at radius 2 is 1.52 bits per heavy atom. The van der Waals surface area contributed by atoms with Crippen LogP contribution in [0.3, 0.4) is 0 Å². The average Bonchev–Trinajstić information content (AvgIpc) is 2.84. The first-order chi connectivity index (χ1) is 10.0. The maximum Gasteiger partial charge on any atom is 0.164 e. The molecule has 114 valence electrons. The van der Waals surface area contributed by atoms with Gasteiger partial charge in [0.15, 0.2) is 11.5 Å². The summed E-state index contributed by atoms with van der Waals surface area (Å²) >= 11 is 15.1. The number of hydrogen-bond acceptors (Lipinski definition) is 4. The van der Waals surface area contributed by atoms with E-state index in [9.17, 15) is 0 Å². The third kappa shape index (κ3) is 3.50. The van der Waals surface area contributed by atoms with E-state index < -0.39 is 0 Å². The van der Waals surface area contributed by atoms with Crippen molar-refractivity contribution in [1.82, 2.24) is 0 Å². The molecule has 0 fully saturated rings. The number of thiophene rings is 1. The first kappa shape index (κ1) is 16.9. The van der Waals surface area contributed by atoms with Crippen LogP contribution in [0.1, 0.15) is 15.8 Å². The third-order valence-electron chi connectivity index (χ3n) is 2.92. The van der Waals surface area contributed by atoms with Crippen LogP contribution in [0.2, 0.25) is 0 Å². The van der Waals surface area contributed by atoms with E-state index in [1.807, 2.05) is 12.1 Å². The minimum atomic E-state index is -0.340. The maximum atomic E-state index is 6.62. The van der Waals surface area contributed by atoms with Gasteiger partial charge in [-0.05, 0) is 44.0 Å². The van der Waals surface area contributed by atoms with Gasteiger partial charge in [0, 0.05) is 21.0 Å². The van der Waals surface area contributed by atoms with Crippen molar-refractivity contribution in [2.45, 2.75) is 5.38 Å². The molecule has 1 unspecified atom stereocenters. The molecule has 1 aromatic heterocycles. The molecule has 0 aliphatic heterocycles. The van der Waals surface area contributed by atoms with E-state index in [0.717, 1.165) is 18.7 Å². The first-order valence-electron chi connectivity index (χ1n) is 5.90. The molecular weight excluding hydrogens is 443 g/mol. The van der Waals surface area contributed by atoms with Crippen molar-refractivity contribution in [3.8, 4) is 17.2 Å².